The van der Waals surface area contributed by atoms with Crippen molar-refractivity contribution in [2.75, 3.05) is 18.4 Å². The summed E-state index contributed by atoms with van der Waals surface area (Å²) in [5.74, 6) is 0.894. The van der Waals surface area contributed by atoms with Crippen LogP contribution >= 0.6 is 11.3 Å². The van der Waals surface area contributed by atoms with Gasteiger partial charge >= 0.3 is 0 Å². The first kappa shape index (κ1) is 16.3. The monoisotopic (exact) mass is 332 g/mol. The van der Waals surface area contributed by atoms with Gasteiger partial charge in [0.2, 0.25) is 5.91 Å². The van der Waals surface area contributed by atoms with Gasteiger partial charge < -0.3 is 10.2 Å². The molecule has 3 rings (SSSR count). The molecule has 0 radical (unpaired) electrons. The third-order valence-corrected chi connectivity index (χ3v) is 5.95. The van der Waals surface area contributed by atoms with Crippen molar-refractivity contribution in [3.63, 3.8) is 0 Å². The molecule has 0 unspecified atom stereocenters. The fourth-order valence-electron chi connectivity index (χ4n) is 3.36. The minimum atomic E-state index is -0.473. The molecule has 2 heterocycles. The number of hydrogen-bond donors (Lipinski definition) is 1. The molecule has 1 saturated carbocycles. The minimum absolute atomic E-state index is 0.207. The van der Waals surface area contributed by atoms with Gasteiger partial charge in [-0.25, -0.2) is 4.98 Å². The highest BCUT2D eigenvalue weighted by atomic mass is 32.1. The first-order valence-corrected chi connectivity index (χ1v) is 9.09. The molecule has 0 atom stereocenters. The van der Waals surface area contributed by atoms with Crippen LogP contribution in [-0.4, -0.2) is 34.4 Å². The van der Waals surface area contributed by atoms with Gasteiger partial charge in [-0.05, 0) is 37.0 Å². The fourth-order valence-corrected chi connectivity index (χ4v) is 4.07. The van der Waals surface area contributed by atoms with Gasteiger partial charge in [-0.1, -0.05) is 32.1 Å². The van der Waals surface area contributed by atoms with E-state index in [0.717, 1.165) is 38.8 Å². The van der Waals surface area contributed by atoms with Crippen LogP contribution in [0.3, 0.4) is 0 Å². The SMILES string of the molecule is CC(C)(C)C1CCN(C(=O)C2(Nc3ncc(C#N)s3)CC2)CC1. The van der Waals surface area contributed by atoms with E-state index in [0.29, 0.717) is 21.3 Å². The fraction of sp³-hybridized carbons (Fsp3) is 0.706. The third-order valence-electron chi connectivity index (χ3n) is 5.13. The zero-order valence-electron chi connectivity index (χ0n) is 14.1. The number of rotatable bonds is 3. The predicted octanol–water partition coefficient (Wildman–Crippen LogP) is 3.24. The smallest absolute Gasteiger partial charge is 0.248 e. The zero-order valence-corrected chi connectivity index (χ0v) is 14.9. The molecule has 1 amide bonds. The third kappa shape index (κ3) is 3.35. The van der Waals surface area contributed by atoms with Gasteiger partial charge in [-0.3, -0.25) is 4.79 Å². The van der Waals surface area contributed by atoms with Gasteiger partial charge in [-0.2, -0.15) is 5.26 Å². The average Bonchev–Trinajstić information content (AvgIpc) is 3.16. The van der Waals surface area contributed by atoms with E-state index in [2.05, 4.69) is 37.1 Å². The molecule has 6 heteroatoms. The largest absolute Gasteiger partial charge is 0.347 e. The van der Waals surface area contributed by atoms with Crippen molar-refractivity contribution in [3.05, 3.63) is 11.1 Å². The van der Waals surface area contributed by atoms with Gasteiger partial charge in [0.15, 0.2) is 5.13 Å². The summed E-state index contributed by atoms with van der Waals surface area (Å²) < 4.78 is 0. The van der Waals surface area contributed by atoms with Gasteiger partial charge in [-0.15, -0.1) is 0 Å². The molecule has 5 nitrogen and oxygen atoms in total. The second-order valence-electron chi connectivity index (χ2n) is 7.78. The Kier molecular flexibility index (Phi) is 4.09. The number of nitriles is 1. The summed E-state index contributed by atoms with van der Waals surface area (Å²) in [5, 5.41) is 12.9. The molecule has 0 aromatic carbocycles. The summed E-state index contributed by atoms with van der Waals surface area (Å²) in [5.41, 5.74) is -0.154. The molecule has 1 saturated heterocycles. The summed E-state index contributed by atoms with van der Waals surface area (Å²) >= 11 is 1.31. The van der Waals surface area contributed by atoms with E-state index in [9.17, 15) is 4.79 Å². The highest BCUT2D eigenvalue weighted by Crippen LogP contribution is 2.43. The highest BCUT2D eigenvalue weighted by molar-refractivity contribution is 7.16. The van der Waals surface area contributed by atoms with Crippen molar-refractivity contribution in [3.8, 4) is 6.07 Å². The minimum Gasteiger partial charge on any atom is -0.347 e. The van der Waals surface area contributed by atoms with Crippen LogP contribution in [0, 0.1) is 22.7 Å². The molecule has 1 aliphatic carbocycles. The predicted molar refractivity (Wildman–Crippen MR) is 91.2 cm³/mol. The number of likely N-dealkylation sites (tertiary alicyclic amines) is 1. The molecule has 0 spiro atoms. The average molecular weight is 332 g/mol. The second-order valence-corrected chi connectivity index (χ2v) is 8.81. The normalized spacial score (nSPS) is 20.9. The van der Waals surface area contributed by atoms with Gasteiger partial charge in [0.1, 0.15) is 16.5 Å². The molecule has 2 aliphatic rings. The Hall–Kier alpha value is -1.61. The van der Waals surface area contributed by atoms with E-state index in [-0.39, 0.29) is 5.91 Å². The van der Waals surface area contributed by atoms with E-state index in [1.807, 2.05) is 4.90 Å². The van der Waals surface area contributed by atoms with Crippen molar-refractivity contribution in [1.82, 2.24) is 9.88 Å². The molecular weight excluding hydrogens is 308 g/mol. The number of carbonyl (C=O) groups is 1. The summed E-state index contributed by atoms with van der Waals surface area (Å²) in [6.07, 6.45) is 5.43. The molecule has 2 fully saturated rings. The van der Waals surface area contributed by atoms with Crippen molar-refractivity contribution < 1.29 is 4.79 Å². The van der Waals surface area contributed by atoms with Crippen molar-refractivity contribution in [2.24, 2.45) is 11.3 Å². The lowest BCUT2D eigenvalue weighted by Crippen LogP contribution is -2.49. The number of anilines is 1. The quantitative estimate of drug-likeness (QED) is 0.922. The molecule has 0 bridgehead atoms. The molecule has 1 aromatic rings. The topological polar surface area (TPSA) is 69.0 Å². The lowest BCUT2D eigenvalue weighted by atomic mass is 9.75. The summed E-state index contributed by atoms with van der Waals surface area (Å²) in [6.45, 7) is 8.56. The first-order chi connectivity index (χ1) is 10.8. The van der Waals surface area contributed by atoms with Gasteiger partial charge in [0.25, 0.3) is 0 Å². The van der Waals surface area contributed by atoms with Crippen molar-refractivity contribution in [2.45, 2.75) is 52.0 Å². The molecular formula is C17H24N4OS. The number of amides is 1. The van der Waals surface area contributed by atoms with E-state index in [1.165, 1.54) is 11.3 Å². The maximum absolute atomic E-state index is 12.9. The van der Waals surface area contributed by atoms with E-state index in [4.69, 9.17) is 5.26 Å². The summed E-state index contributed by atoms with van der Waals surface area (Å²) in [6, 6.07) is 2.09. The van der Waals surface area contributed by atoms with E-state index in [1.54, 1.807) is 6.20 Å². The van der Waals surface area contributed by atoms with Crippen LogP contribution in [0.5, 0.6) is 0 Å². The molecule has 124 valence electrons. The molecule has 1 aromatic heterocycles. The first-order valence-electron chi connectivity index (χ1n) is 8.27. The van der Waals surface area contributed by atoms with Crippen LogP contribution in [0.2, 0.25) is 0 Å². The van der Waals surface area contributed by atoms with Crippen LogP contribution in [0.4, 0.5) is 5.13 Å². The Labute approximate surface area is 141 Å². The number of hydrogen-bond acceptors (Lipinski definition) is 5. The van der Waals surface area contributed by atoms with E-state index >= 15 is 0 Å². The lowest BCUT2D eigenvalue weighted by molar-refractivity contribution is -0.134. The lowest BCUT2D eigenvalue weighted by Gasteiger charge is -2.40. The number of aromatic nitrogens is 1. The standard InChI is InChI=1S/C17H24N4OS/c1-16(2,3)12-4-8-21(9-5-12)14(22)17(6-7-17)20-15-19-11-13(10-18)23-15/h11-12H,4-9H2,1-3H3,(H,19,20). The van der Waals surface area contributed by atoms with Crippen LogP contribution in [0.15, 0.2) is 6.20 Å². The van der Waals surface area contributed by atoms with Crippen molar-refractivity contribution in [1.29, 1.82) is 5.26 Å². The Bertz CT molecular complexity index is 628. The number of thiazole rings is 1. The maximum Gasteiger partial charge on any atom is 0.248 e. The Morgan fingerprint density at radius 1 is 1.43 bits per heavy atom. The summed E-state index contributed by atoms with van der Waals surface area (Å²) in [7, 11) is 0. The molecule has 1 N–H and O–H groups in total. The van der Waals surface area contributed by atoms with Gasteiger partial charge in [0.05, 0.1) is 6.20 Å². The van der Waals surface area contributed by atoms with Crippen LogP contribution < -0.4 is 5.32 Å². The molecule has 1 aliphatic heterocycles. The van der Waals surface area contributed by atoms with Crippen LogP contribution in [0.1, 0.15) is 51.3 Å². The second kappa shape index (κ2) is 5.79. The zero-order chi connectivity index (χ0) is 16.7. The number of nitrogens with zero attached hydrogens (tertiary/aromatic N) is 3. The van der Waals surface area contributed by atoms with Crippen LogP contribution in [0.25, 0.3) is 0 Å². The maximum atomic E-state index is 12.9. The molecule has 23 heavy (non-hydrogen) atoms. The number of nitrogens with one attached hydrogen (secondary N) is 1. The highest BCUT2D eigenvalue weighted by Gasteiger charge is 2.52. The van der Waals surface area contributed by atoms with Crippen LogP contribution in [-0.2, 0) is 4.79 Å². The number of carbonyl (C=O) groups excluding carboxylic acids is 1. The van der Waals surface area contributed by atoms with Crippen molar-refractivity contribution >= 4 is 22.4 Å². The summed E-state index contributed by atoms with van der Waals surface area (Å²) in [4.78, 5) is 19.7. The Morgan fingerprint density at radius 3 is 2.57 bits per heavy atom. The van der Waals surface area contributed by atoms with Gasteiger partial charge in [0, 0.05) is 13.1 Å². The number of piperidine rings is 1. The van der Waals surface area contributed by atoms with E-state index < -0.39 is 5.54 Å². The Morgan fingerprint density at radius 2 is 2.09 bits per heavy atom. The Balaban J connectivity index is 1.61.